The van der Waals surface area contributed by atoms with Gasteiger partial charge in [0.15, 0.2) is 0 Å². The van der Waals surface area contributed by atoms with E-state index in [0.29, 0.717) is 16.1 Å². The minimum absolute atomic E-state index is 0.0272. The highest BCUT2D eigenvalue weighted by molar-refractivity contribution is 7.89. The number of anilines is 1. The van der Waals surface area contributed by atoms with Gasteiger partial charge in [0, 0.05) is 6.54 Å². The summed E-state index contributed by atoms with van der Waals surface area (Å²) >= 11 is 7.35. The van der Waals surface area contributed by atoms with E-state index < -0.39 is 16.1 Å². The Labute approximate surface area is 132 Å². The number of sulfonamides is 1. The monoisotopic (exact) mass is 346 g/mol. The highest BCUT2D eigenvalue weighted by atomic mass is 35.5. The van der Waals surface area contributed by atoms with Crippen LogP contribution in [0.3, 0.4) is 0 Å². The van der Waals surface area contributed by atoms with Crippen LogP contribution in [0.4, 0.5) is 5.69 Å². The molecule has 1 heterocycles. The van der Waals surface area contributed by atoms with Gasteiger partial charge in [-0.3, -0.25) is 0 Å². The van der Waals surface area contributed by atoms with Crippen molar-refractivity contribution in [2.24, 2.45) is 0 Å². The molecule has 21 heavy (non-hydrogen) atoms. The van der Waals surface area contributed by atoms with Crippen LogP contribution in [0.1, 0.15) is 17.2 Å². The fourth-order valence-electron chi connectivity index (χ4n) is 1.77. The van der Waals surface area contributed by atoms with Gasteiger partial charge in [-0.05, 0) is 47.0 Å². The lowest BCUT2D eigenvalue weighted by Crippen LogP contribution is -2.28. The van der Waals surface area contributed by atoms with E-state index >= 15 is 0 Å². The Kier molecular flexibility index (Phi) is 4.90. The number of hydrogen-bond acceptors (Lipinski definition) is 5. The first-order chi connectivity index (χ1) is 9.81. The molecule has 1 aromatic heterocycles. The summed E-state index contributed by atoms with van der Waals surface area (Å²) in [6.07, 6.45) is -0.892. The highest BCUT2D eigenvalue weighted by Crippen LogP contribution is 2.27. The van der Waals surface area contributed by atoms with Gasteiger partial charge < -0.3 is 10.8 Å². The Morgan fingerprint density at radius 3 is 2.76 bits per heavy atom. The number of aliphatic hydroxyl groups excluding tert-OH is 1. The Morgan fingerprint density at radius 1 is 1.48 bits per heavy atom. The van der Waals surface area contributed by atoms with E-state index in [-0.39, 0.29) is 17.1 Å². The third-order valence-corrected chi connectivity index (χ3v) is 5.58. The molecule has 0 saturated carbocycles. The molecule has 0 saturated heterocycles. The summed E-state index contributed by atoms with van der Waals surface area (Å²) < 4.78 is 26.8. The quantitative estimate of drug-likeness (QED) is 0.724. The zero-order valence-corrected chi connectivity index (χ0v) is 13.6. The summed E-state index contributed by atoms with van der Waals surface area (Å²) in [5.74, 6) is 0. The molecule has 0 fully saturated rings. The second-order valence-corrected chi connectivity index (χ2v) is 7.49. The maximum Gasteiger partial charge on any atom is 0.240 e. The molecule has 0 aliphatic carbocycles. The first-order valence-electron chi connectivity index (χ1n) is 6.06. The molecule has 2 rings (SSSR count). The molecule has 0 spiro atoms. The maximum atomic E-state index is 12.2. The summed E-state index contributed by atoms with van der Waals surface area (Å²) in [4.78, 5) is 0.0272. The van der Waals surface area contributed by atoms with E-state index in [1.54, 1.807) is 18.4 Å². The van der Waals surface area contributed by atoms with Gasteiger partial charge in [0.05, 0.1) is 21.7 Å². The van der Waals surface area contributed by atoms with Gasteiger partial charge in [0.2, 0.25) is 10.0 Å². The fraction of sp³-hybridized carbons (Fsp3) is 0.231. The van der Waals surface area contributed by atoms with Gasteiger partial charge in [-0.15, -0.1) is 0 Å². The van der Waals surface area contributed by atoms with Gasteiger partial charge in [-0.2, -0.15) is 11.3 Å². The van der Waals surface area contributed by atoms with Crippen LogP contribution in [0, 0.1) is 6.92 Å². The summed E-state index contributed by atoms with van der Waals surface area (Å²) in [7, 11) is -3.75. The number of thiophene rings is 1. The lowest BCUT2D eigenvalue weighted by molar-refractivity contribution is 0.182. The van der Waals surface area contributed by atoms with Crippen LogP contribution >= 0.6 is 22.9 Å². The molecular weight excluding hydrogens is 332 g/mol. The van der Waals surface area contributed by atoms with Gasteiger partial charge in [-0.1, -0.05) is 11.6 Å². The molecule has 1 aromatic carbocycles. The standard InChI is InChI=1S/C13H15ClN2O3S2/c1-8-4-10(5-11(15)13(8)14)21(18,19)16-6-12(17)9-2-3-20-7-9/h2-5,7,12,16-17H,6,15H2,1H3. The van der Waals surface area contributed by atoms with E-state index in [2.05, 4.69) is 4.72 Å². The zero-order chi connectivity index (χ0) is 15.6. The lowest BCUT2D eigenvalue weighted by atomic mass is 10.2. The molecule has 1 unspecified atom stereocenters. The number of aryl methyl sites for hydroxylation is 1. The van der Waals surface area contributed by atoms with Crippen LogP contribution in [0.15, 0.2) is 33.9 Å². The zero-order valence-electron chi connectivity index (χ0n) is 11.2. The van der Waals surface area contributed by atoms with Gasteiger partial charge >= 0.3 is 0 Å². The Hall–Kier alpha value is -1.12. The highest BCUT2D eigenvalue weighted by Gasteiger charge is 2.19. The largest absolute Gasteiger partial charge is 0.397 e. The van der Waals surface area contributed by atoms with Crippen molar-refractivity contribution < 1.29 is 13.5 Å². The van der Waals surface area contributed by atoms with Gasteiger partial charge in [-0.25, -0.2) is 13.1 Å². The number of nitrogens with one attached hydrogen (secondary N) is 1. The molecule has 0 amide bonds. The molecule has 4 N–H and O–H groups in total. The number of rotatable bonds is 5. The predicted octanol–water partition coefficient (Wildman–Crippen LogP) is 2.30. The van der Waals surface area contributed by atoms with Crippen molar-refractivity contribution in [2.75, 3.05) is 12.3 Å². The predicted molar refractivity (Wildman–Crippen MR) is 85.1 cm³/mol. The summed E-state index contributed by atoms with van der Waals surface area (Å²) in [6, 6.07) is 4.49. The SMILES string of the molecule is Cc1cc(S(=O)(=O)NCC(O)c2ccsc2)cc(N)c1Cl. The number of halogens is 1. The van der Waals surface area contributed by atoms with Gasteiger partial charge in [0.1, 0.15) is 0 Å². The lowest BCUT2D eigenvalue weighted by Gasteiger charge is -2.12. The molecule has 0 aliphatic heterocycles. The Morgan fingerprint density at radius 2 is 2.19 bits per heavy atom. The van der Waals surface area contributed by atoms with Crippen molar-refractivity contribution in [3.05, 3.63) is 45.1 Å². The molecule has 0 radical (unpaired) electrons. The first-order valence-corrected chi connectivity index (χ1v) is 8.87. The third kappa shape index (κ3) is 3.75. The van der Waals surface area contributed by atoms with Crippen molar-refractivity contribution in [1.29, 1.82) is 0 Å². The fourth-order valence-corrected chi connectivity index (χ4v) is 3.75. The molecule has 1 atom stereocenters. The van der Waals surface area contributed by atoms with E-state index in [0.717, 1.165) is 0 Å². The number of nitrogen functional groups attached to an aromatic ring is 1. The first kappa shape index (κ1) is 16.3. The average molecular weight is 347 g/mol. The molecular formula is C13H15ClN2O3S2. The molecule has 8 heteroatoms. The summed E-state index contributed by atoms with van der Waals surface area (Å²) in [5, 5.41) is 13.8. The minimum Gasteiger partial charge on any atom is -0.397 e. The molecule has 5 nitrogen and oxygen atoms in total. The van der Waals surface area contributed by atoms with Crippen molar-refractivity contribution in [1.82, 2.24) is 4.72 Å². The molecule has 0 bridgehead atoms. The van der Waals surface area contributed by atoms with E-state index in [1.165, 1.54) is 23.5 Å². The molecule has 0 aliphatic rings. The second-order valence-electron chi connectivity index (χ2n) is 4.57. The maximum absolute atomic E-state index is 12.2. The molecule has 2 aromatic rings. The second kappa shape index (κ2) is 6.33. The topological polar surface area (TPSA) is 92.4 Å². The number of nitrogens with two attached hydrogens (primary N) is 1. The van der Waals surface area contributed by atoms with E-state index in [4.69, 9.17) is 17.3 Å². The van der Waals surface area contributed by atoms with Gasteiger partial charge in [0.25, 0.3) is 0 Å². The summed E-state index contributed by atoms with van der Waals surface area (Å²) in [6.45, 7) is 1.57. The molecule has 114 valence electrons. The van der Waals surface area contributed by atoms with Crippen molar-refractivity contribution in [3.63, 3.8) is 0 Å². The number of aliphatic hydroxyl groups is 1. The average Bonchev–Trinajstić information content (AvgIpc) is 2.95. The van der Waals surface area contributed by atoms with Crippen molar-refractivity contribution >= 4 is 38.6 Å². The Bertz CT molecular complexity index is 707. The smallest absolute Gasteiger partial charge is 0.240 e. The van der Waals surface area contributed by atoms with Crippen LogP contribution in [-0.2, 0) is 10.0 Å². The summed E-state index contributed by atoms with van der Waals surface area (Å²) in [5.41, 5.74) is 7.14. The third-order valence-electron chi connectivity index (χ3n) is 2.96. The van der Waals surface area contributed by atoms with Crippen LogP contribution < -0.4 is 10.5 Å². The normalized spacial score (nSPS) is 13.3. The van der Waals surface area contributed by atoms with E-state index in [9.17, 15) is 13.5 Å². The van der Waals surface area contributed by atoms with Crippen molar-refractivity contribution in [3.8, 4) is 0 Å². The number of benzene rings is 1. The number of hydrogen-bond donors (Lipinski definition) is 3. The minimum atomic E-state index is -3.75. The van der Waals surface area contributed by atoms with Crippen molar-refractivity contribution in [2.45, 2.75) is 17.9 Å². The van der Waals surface area contributed by atoms with Crippen LogP contribution in [0.25, 0.3) is 0 Å². The van der Waals surface area contributed by atoms with Crippen LogP contribution in [-0.4, -0.2) is 20.1 Å². The van der Waals surface area contributed by atoms with Crippen LogP contribution in [0.5, 0.6) is 0 Å². The van der Waals surface area contributed by atoms with Crippen LogP contribution in [0.2, 0.25) is 5.02 Å². The van der Waals surface area contributed by atoms with E-state index in [1.807, 2.05) is 5.38 Å². The Balaban J connectivity index is 2.15.